The number of alkyl halides is 3. The SMILES string of the molecule is COC(=O)[C@@H](NC(=O)c1cnc(NCc2ccc(C(F)(F)F)cc2)nc1N1CC(c2ccccc2)C(c2ccc(Cl)cc2)=N1)C(C)C. The van der Waals surface area contributed by atoms with Crippen molar-refractivity contribution in [3.05, 3.63) is 118 Å². The zero-order valence-corrected chi connectivity index (χ0v) is 26.5. The number of hydrazone groups is 1. The molecule has 0 fully saturated rings. The van der Waals surface area contributed by atoms with E-state index in [4.69, 9.17) is 21.4 Å². The molecule has 1 aliphatic rings. The van der Waals surface area contributed by atoms with Gasteiger partial charge < -0.3 is 15.4 Å². The Morgan fingerprint density at radius 3 is 2.32 bits per heavy atom. The van der Waals surface area contributed by atoms with Gasteiger partial charge >= 0.3 is 12.1 Å². The summed E-state index contributed by atoms with van der Waals surface area (Å²) in [6, 6.07) is 20.9. The Hall–Kier alpha value is -4.97. The number of amides is 1. The van der Waals surface area contributed by atoms with Crippen molar-refractivity contribution in [1.29, 1.82) is 0 Å². The number of rotatable bonds is 10. The number of hydrogen-bond acceptors (Lipinski definition) is 8. The van der Waals surface area contributed by atoms with Crippen LogP contribution in [0.1, 0.15) is 52.4 Å². The summed E-state index contributed by atoms with van der Waals surface area (Å²) in [6.07, 6.45) is -3.11. The van der Waals surface area contributed by atoms with Gasteiger partial charge in [0.05, 0.1) is 24.9 Å². The zero-order chi connectivity index (χ0) is 33.7. The smallest absolute Gasteiger partial charge is 0.416 e. The van der Waals surface area contributed by atoms with Crippen molar-refractivity contribution in [3.63, 3.8) is 0 Å². The Balaban J connectivity index is 1.52. The average molecular weight is 665 g/mol. The summed E-state index contributed by atoms with van der Waals surface area (Å²) in [6.45, 7) is 4.00. The van der Waals surface area contributed by atoms with Gasteiger partial charge in [-0.25, -0.2) is 14.8 Å². The summed E-state index contributed by atoms with van der Waals surface area (Å²) >= 11 is 6.17. The lowest BCUT2D eigenvalue weighted by molar-refractivity contribution is -0.144. The van der Waals surface area contributed by atoms with Crippen LogP contribution in [0.2, 0.25) is 5.02 Å². The maximum Gasteiger partial charge on any atom is 0.416 e. The minimum atomic E-state index is -4.44. The largest absolute Gasteiger partial charge is 0.467 e. The van der Waals surface area contributed by atoms with Crippen LogP contribution in [0.25, 0.3) is 0 Å². The molecule has 0 saturated heterocycles. The quantitative estimate of drug-likeness (QED) is 0.182. The molecule has 0 bridgehead atoms. The van der Waals surface area contributed by atoms with Crippen LogP contribution in [0.4, 0.5) is 24.9 Å². The third-order valence-corrected chi connectivity index (χ3v) is 7.91. The van der Waals surface area contributed by atoms with Crippen molar-refractivity contribution in [2.45, 2.75) is 38.5 Å². The molecule has 2 N–H and O–H groups in total. The third kappa shape index (κ3) is 7.89. The second-order valence-corrected chi connectivity index (χ2v) is 11.7. The molecule has 1 aromatic heterocycles. The summed E-state index contributed by atoms with van der Waals surface area (Å²) in [5, 5.41) is 12.9. The Kier molecular flexibility index (Phi) is 10.1. The van der Waals surface area contributed by atoms with Crippen LogP contribution in [-0.2, 0) is 22.3 Å². The van der Waals surface area contributed by atoms with Crippen molar-refractivity contribution in [2.24, 2.45) is 11.0 Å². The second-order valence-electron chi connectivity index (χ2n) is 11.2. The second kappa shape index (κ2) is 14.2. The molecule has 1 amide bonds. The summed E-state index contributed by atoms with van der Waals surface area (Å²) in [5.74, 6) is -1.39. The molecule has 3 aromatic carbocycles. The molecule has 1 unspecified atom stereocenters. The molecule has 9 nitrogen and oxygen atoms in total. The fraction of sp³-hybridized carbons (Fsp3) is 0.265. The van der Waals surface area contributed by atoms with E-state index < -0.39 is 29.7 Å². The molecule has 1 aliphatic heterocycles. The molecule has 0 radical (unpaired) electrons. The van der Waals surface area contributed by atoms with Crippen molar-refractivity contribution in [3.8, 4) is 0 Å². The van der Waals surface area contributed by atoms with Crippen LogP contribution in [0.3, 0.4) is 0 Å². The normalized spacial score (nSPS) is 15.3. The Labute approximate surface area is 274 Å². The Morgan fingerprint density at radius 2 is 1.70 bits per heavy atom. The number of esters is 1. The van der Waals surface area contributed by atoms with Gasteiger partial charge in [-0.1, -0.05) is 80.0 Å². The van der Waals surface area contributed by atoms with Crippen molar-refractivity contribution < 1.29 is 27.5 Å². The third-order valence-electron chi connectivity index (χ3n) is 7.65. The highest BCUT2D eigenvalue weighted by Gasteiger charge is 2.34. The van der Waals surface area contributed by atoms with Crippen LogP contribution in [0.15, 0.2) is 90.2 Å². The van der Waals surface area contributed by atoms with Gasteiger partial charge in [0.15, 0.2) is 5.82 Å². The van der Waals surface area contributed by atoms with E-state index in [-0.39, 0.29) is 35.7 Å². The summed E-state index contributed by atoms with van der Waals surface area (Å²) in [7, 11) is 1.25. The Bertz CT molecular complexity index is 1750. The number of anilines is 2. The van der Waals surface area contributed by atoms with Gasteiger partial charge in [0.1, 0.15) is 11.6 Å². The minimum absolute atomic E-state index is 0.0625. The minimum Gasteiger partial charge on any atom is -0.467 e. The van der Waals surface area contributed by atoms with E-state index >= 15 is 0 Å². The molecule has 2 atom stereocenters. The molecule has 47 heavy (non-hydrogen) atoms. The van der Waals surface area contributed by atoms with Crippen LogP contribution >= 0.6 is 11.6 Å². The van der Waals surface area contributed by atoms with Gasteiger partial charge in [-0.05, 0) is 46.9 Å². The molecule has 5 rings (SSSR count). The summed E-state index contributed by atoms with van der Waals surface area (Å²) in [5.41, 5.74) is 2.43. The first-order valence-electron chi connectivity index (χ1n) is 14.8. The molecule has 0 aliphatic carbocycles. The number of nitrogens with zero attached hydrogens (tertiary/aromatic N) is 4. The number of nitrogens with one attached hydrogen (secondary N) is 2. The number of carbonyl (C=O) groups is 2. The standard InChI is InChI=1S/C34H32ClF3N6O3/c1-20(2)28(32(46)47-3)41-31(45)26-18-40-33(39-17-21-9-13-24(14-10-21)34(36,37)38)42-30(26)44-19-27(22-7-5-4-6-8-22)29(43-44)23-11-15-25(35)16-12-23/h4-16,18,20,27-28H,17,19H2,1-3H3,(H,41,45)(H,39,40,42)/t27?,28-/m0/s1. The van der Waals surface area contributed by atoms with Gasteiger partial charge in [0, 0.05) is 23.7 Å². The average Bonchev–Trinajstić information content (AvgIpc) is 3.51. The van der Waals surface area contributed by atoms with E-state index in [0.717, 1.165) is 29.0 Å². The van der Waals surface area contributed by atoms with Crippen molar-refractivity contribution in [1.82, 2.24) is 15.3 Å². The Morgan fingerprint density at radius 1 is 1.02 bits per heavy atom. The molecule has 0 spiro atoms. The van der Waals surface area contributed by atoms with E-state index in [0.29, 0.717) is 17.1 Å². The molecular weight excluding hydrogens is 633 g/mol. The van der Waals surface area contributed by atoms with Crippen LogP contribution in [-0.4, -0.2) is 47.3 Å². The molecular formula is C34H32ClF3N6O3. The lowest BCUT2D eigenvalue weighted by atomic mass is 9.90. The monoisotopic (exact) mass is 664 g/mol. The number of aromatic nitrogens is 2. The summed E-state index contributed by atoms with van der Waals surface area (Å²) < 4.78 is 44.0. The molecule has 0 saturated carbocycles. The molecule has 244 valence electrons. The van der Waals surface area contributed by atoms with E-state index in [1.54, 1.807) is 31.0 Å². The first kappa shape index (κ1) is 33.4. The fourth-order valence-corrected chi connectivity index (χ4v) is 5.24. The first-order chi connectivity index (χ1) is 22.4. The van der Waals surface area contributed by atoms with Gasteiger partial charge in [-0.3, -0.25) is 4.79 Å². The fourth-order valence-electron chi connectivity index (χ4n) is 5.11. The van der Waals surface area contributed by atoms with Crippen LogP contribution < -0.4 is 15.6 Å². The highest BCUT2D eigenvalue weighted by Crippen LogP contribution is 2.34. The lowest BCUT2D eigenvalue weighted by Gasteiger charge is -2.22. The number of methoxy groups -OCH3 is 1. The van der Waals surface area contributed by atoms with Crippen molar-refractivity contribution in [2.75, 3.05) is 24.0 Å². The molecule has 13 heteroatoms. The summed E-state index contributed by atoms with van der Waals surface area (Å²) in [4.78, 5) is 35.1. The van der Waals surface area contributed by atoms with E-state index in [1.165, 1.54) is 25.4 Å². The van der Waals surface area contributed by atoms with Gasteiger partial charge in [0.2, 0.25) is 5.95 Å². The lowest BCUT2D eigenvalue weighted by Crippen LogP contribution is -2.45. The van der Waals surface area contributed by atoms with E-state index in [1.807, 2.05) is 42.5 Å². The number of hydrogen-bond donors (Lipinski definition) is 2. The predicted octanol–water partition coefficient (Wildman–Crippen LogP) is 6.70. The number of benzene rings is 3. The number of carbonyl (C=O) groups excluding carboxylic acids is 2. The topological polar surface area (TPSA) is 109 Å². The van der Waals surface area contributed by atoms with E-state index in [9.17, 15) is 22.8 Å². The van der Waals surface area contributed by atoms with Gasteiger partial charge in [0.25, 0.3) is 5.91 Å². The van der Waals surface area contributed by atoms with E-state index in [2.05, 4.69) is 20.6 Å². The van der Waals surface area contributed by atoms with Crippen LogP contribution in [0.5, 0.6) is 0 Å². The van der Waals surface area contributed by atoms with Gasteiger partial charge in [-0.2, -0.15) is 23.3 Å². The van der Waals surface area contributed by atoms with Gasteiger partial charge in [-0.15, -0.1) is 0 Å². The number of ether oxygens (including phenoxy) is 1. The maximum atomic E-state index is 13.7. The molecule has 2 heterocycles. The number of halogens is 4. The van der Waals surface area contributed by atoms with Crippen LogP contribution in [0, 0.1) is 5.92 Å². The predicted molar refractivity (Wildman–Crippen MR) is 173 cm³/mol. The zero-order valence-electron chi connectivity index (χ0n) is 25.8. The molecule has 4 aromatic rings. The highest BCUT2D eigenvalue weighted by molar-refractivity contribution is 6.30. The maximum absolute atomic E-state index is 13.7. The van der Waals surface area contributed by atoms with Crippen molar-refractivity contribution >= 4 is 41.0 Å². The first-order valence-corrected chi connectivity index (χ1v) is 15.1. The highest BCUT2D eigenvalue weighted by atomic mass is 35.5.